The summed E-state index contributed by atoms with van der Waals surface area (Å²) in [5.41, 5.74) is 2.18. The van der Waals surface area contributed by atoms with Crippen LogP contribution in [0.3, 0.4) is 0 Å². The lowest BCUT2D eigenvalue weighted by Gasteiger charge is -2.22. The molecule has 0 radical (unpaired) electrons. The minimum Gasteiger partial charge on any atom is -0.472 e. The predicted molar refractivity (Wildman–Crippen MR) is 118 cm³/mol. The third kappa shape index (κ3) is 5.25. The molecule has 1 aliphatic rings. The average Bonchev–Trinajstić information content (AvgIpc) is 3.53. The zero-order chi connectivity index (χ0) is 22.3. The van der Waals surface area contributed by atoms with E-state index in [0.29, 0.717) is 42.9 Å². The summed E-state index contributed by atoms with van der Waals surface area (Å²) in [5, 5.41) is 15.7. The summed E-state index contributed by atoms with van der Waals surface area (Å²) >= 11 is 1.36. The van der Waals surface area contributed by atoms with Gasteiger partial charge in [-0.3, -0.25) is 4.79 Å². The zero-order valence-corrected chi connectivity index (χ0v) is 17.9. The Morgan fingerprint density at radius 2 is 2.38 bits per heavy atom. The van der Waals surface area contributed by atoms with Gasteiger partial charge in [-0.05, 0) is 30.5 Å². The molecule has 10 heteroatoms. The summed E-state index contributed by atoms with van der Waals surface area (Å²) in [6.07, 6.45) is 12.3. The second-order valence-electron chi connectivity index (χ2n) is 7.20. The molecule has 0 bridgehead atoms. The summed E-state index contributed by atoms with van der Waals surface area (Å²) in [7, 11) is 0. The normalized spacial score (nSPS) is 15.2. The maximum absolute atomic E-state index is 12.3. The lowest BCUT2D eigenvalue weighted by Crippen LogP contribution is -2.33. The number of nitriles is 1. The van der Waals surface area contributed by atoms with Gasteiger partial charge in [-0.1, -0.05) is 0 Å². The maximum atomic E-state index is 12.3. The summed E-state index contributed by atoms with van der Waals surface area (Å²) < 4.78 is 12.4. The van der Waals surface area contributed by atoms with Gasteiger partial charge in [-0.15, -0.1) is 11.3 Å². The van der Waals surface area contributed by atoms with Gasteiger partial charge in [-0.25, -0.2) is 9.78 Å². The van der Waals surface area contributed by atoms with Crippen LogP contribution in [0.4, 0.5) is 9.80 Å². The van der Waals surface area contributed by atoms with E-state index in [1.165, 1.54) is 29.9 Å². The van der Waals surface area contributed by atoms with E-state index < -0.39 is 6.09 Å². The molecule has 164 valence electrons. The molecule has 9 nitrogen and oxygen atoms in total. The molecule has 1 atom stereocenters. The highest BCUT2D eigenvalue weighted by Crippen LogP contribution is 2.38. The van der Waals surface area contributed by atoms with Crippen LogP contribution in [0.5, 0.6) is 0 Å². The Hall–Kier alpha value is -3.84. The highest BCUT2D eigenvalue weighted by atomic mass is 32.1. The van der Waals surface area contributed by atoms with Crippen LogP contribution >= 0.6 is 11.3 Å². The van der Waals surface area contributed by atoms with Crippen molar-refractivity contribution >= 4 is 34.4 Å². The fraction of sp³-hybridized carbons (Fsp3) is 0.273. The molecule has 3 heterocycles. The van der Waals surface area contributed by atoms with Crippen molar-refractivity contribution in [3.05, 3.63) is 65.0 Å². The summed E-state index contributed by atoms with van der Waals surface area (Å²) in [5.74, 6) is -0.327. The number of anilines is 1. The molecule has 32 heavy (non-hydrogen) atoms. The number of carbonyl (C=O) groups is 2. The van der Waals surface area contributed by atoms with Gasteiger partial charge in [0.25, 0.3) is 0 Å². The van der Waals surface area contributed by atoms with Crippen molar-refractivity contribution in [3.8, 4) is 6.07 Å². The minimum atomic E-state index is -0.464. The number of rotatable bonds is 7. The van der Waals surface area contributed by atoms with Crippen molar-refractivity contribution in [2.75, 3.05) is 11.9 Å². The molecule has 4 rings (SSSR count). The van der Waals surface area contributed by atoms with Crippen LogP contribution in [0.15, 0.2) is 47.8 Å². The highest BCUT2D eigenvalue weighted by molar-refractivity contribution is 7.16. The monoisotopic (exact) mass is 451 g/mol. The molecule has 3 aromatic rings. The number of ether oxygens (including phenoxy) is 1. The molecule has 1 unspecified atom stereocenters. The fourth-order valence-corrected chi connectivity index (χ4v) is 4.72. The van der Waals surface area contributed by atoms with Crippen molar-refractivity contribution in [2.24, 2.45) is 0 Å². The quantitative estimate of drug-likeness (QED) is 0.531. The minimum absolute atomic E-state index is 0.273. The van der Waals surface area contributed by atoms with Crippen molar-refractivity contribution < 1.29 is 18.7 Å². The molecule has 0 spiro atoms. The number of aromatic nitrogens is 2. The second-order valence-corrected chi connectivity index (χ2v) is 8.30. The lowest BCUT2D eigenvalue weighted by atomic mass is 9.94. The number of nitrogens with zero attached hydrogens (tertiary/aromatic N) is 3. The van der Waals surface area contributed by atoms with Crippen molar-refractivity contribution in [1.82, 2.24) is 14.9 Å². The Balaban J connectivity index is 1.33. The molecule has 3 aromatic heterocycles. The largest absolute Gasteiger partial charge is 0.472 e. The van der Waals surface area contributed by atoms with E-state index in [9.17, 15) is 14.9 Å². The number of fused-ring (bicyclic) bond motifs is 1. The van der Waals surface area contributed by atoms with Gasteiger partial charge in [0.1, 0.15) is 17.2 Å². The molecule has 2 N–H and O–H groups in total. The number of furan rings is 1. The summed E-state index contributed by atoms with van der Waals surface area (Å²) in [6, 6.07) is 3.94. The van der Waals surface area contributed by atoms with Gasteiger partial charge in [0.05, 0.1) is 24.4 Å². The average molecular weight is 452 g/mol. The highest BCUT2D eigenvalue weighted by Gasteiger charge is 2.28. The molecular formula is C22H21N5O4S. The molecular weight excluding hydrogens is 430 g/mol. The first-order valence-corrected chi connectivity index (χ1v) is 10.9. The van der Waals surface area contributed by atoms with Crippen LogP contribution in [-0.4, -0.2) is 34.2 Å². The lowest BCUT2D eigenvalue weighted by molar-refractivity contribution is -0.111. The van der Waals surface area contributed by atoms with Crippen LogP contribution in [0.25, 0.3) is 6.08 Å². The third-order valence-corrected chi connectivity index (χ3v) is 6.18. The number of hydrogen-bond donors (Lipinski definition) is 2. The molecule has 0 fully saturated rings. The van der Waals surface area contributed by atoms with E-state index >= 15 is 0 Å². The number of carbonyl (C=O) groups excluding carboxylic acids is 2. The molecule has 0 saturated carbocycles. The van der Waals surface area contributed by atoms with Crippen molar-refractivity contribution in [2.45, 2.75) is 31.9 Å². The molecule has 0 aliphatic heterocycles. The SMILES string of the molecule is N#Cc1c(NC(=O)/C=C/c2ccoc2)sc2c1CCC(OC(=O)NCCn1ccnc1)C2. The van der Waals surface area contributed by atoms with Gasteiger partial charge in [0, 0.05) is 48.4 Å². The Morgan fingerprint density at radius 1 is 1.47 bits per heavy atom. The van der Waals surface area contributed by atoms with Gasteiger partial charge >= 0.3 is 6.09 Å². The van der Waals surface area contributed by atoms with Gasteiger partial charge < -0.3 is 24.4 Å². The maximum Gasteiger partial charge on any atom is 0.407 e. The number of imidazole rings is 1. The second kappa shape index (κ2) is 9.98. The number of hydrogen-bond acceptors (Lipinski definition) is 7. The van der Waals surface area contributed by atoms with E-state index in [2.05, 4.69) is 21.7 Å². The first kappa shape index (κ1) is 21.4. The number of amides is 2. The van der Waals surface area contributed by atoms with E-state index in [1.807, 2.05) is 10.8 Å². The Bertz CT molecular complexity index is 1140. The Labute approximate surface area is 188 Å². The molecule has 1 aliphatic carbocycles. The van der Waals surface area contributed by atoms with Crippen molar-refractivity contribution in [3.63, 3.8) is 0 Å². The first-order valence-electron chi connectivity index (χ1n) is 10.1. The van der Waals surface area contributed by atoms with Crippen LogP contribution in [0.2, 0.25) is 0 Å². The van der Waals surface area contributed by atoms with Gasteiger partial charge in [0.15, 0.2) is 0 Å². The van der Waals surface area contributed by atoms with E-state index in [1.54, 1.807) is 24.7 Å². The Kier molecular flexibility index (Phi) is 6.67. The molecule has 0 aromatic carbocycles. The zero-order valence-electron chi connectivity index (χ0n) is 17.1. The molecule has 0 saturated heterocycles. The van der Waals surface area contributed by atoms with Gasteiger partial charge in [-0.2, -0.15) is 5.26 Å². The predicted octanol–water partition coefficient (Wildman–Crippen LogP) is 3.34. The third-order valence-electron chi connectivity index (χ3n) is 5.01. The smallest absolute Gasteiger partial charge is 0.407 e. The summed E-state index contributed by atoms with van der Waals surface area (Å²) in [4.78, 5) is 29.3. The number of nitrogens with one attached hydrogen (secondary N) is 2. The number of thiophene rings is 1. The molecule has 2 amide bonds. The van der Waals surface area contributed by atoms with Crippen molar-refractivity contribution in [1.29, 1.82) is 5.26 Å². The van der Waals surface area contributed by atoms with Crippen LogP contribution < -0.4 is 10.6 Å². The van der Waals surface area contributed by atoms with E-state index in [4.69, 9.17) is 9.15 Å². The number of alkyl carbamates (subject to hydrolysis) is 1. The van der Waals surface area contributed by atoms with Gasteiger partial charge in [0.2, 0.25) is 5.91 Å². The standard InChI is InChI=1S/C22H21N5O4S/c23-12-18-17-3-2-16(31-22(29)25-7-9-27-8-6-24-14-27)11-19(17)32-21(18)26-20(28)4-1-15-5-10-30-13-15/h1,4-6,8,10,13-14,16H,2-3,7,9,11H2,(H,25,29)(H,26,28)/b4-1+. The summed E-state index contributed by atoms with van der Waals surface area (Å²) in [6.45, 7) is 1.05. The topological polar surface area (TPSA) is 122 Å². The van der Waals surface area contributed by atoms with Crippen LogP contribution in [0.1, 0.15) is 28.0 Å². The van der Waals surface area contributed by atoms with Crippen LogP contribution in [0, 0.1) is 11.3 Å². The fourth-order valence-electron chi connectivity index (χ4n) is 3.46. The first-order chi connectivity index (χ1) is 15.6. The van der Waals surface area contributed by atoms with Crippen LogP contribution in [-0.2, 0) is 28.9 Å². The van der Waals surface area contributed by atoms with E-state index in [-0.39, 0.29) is 12.0 Å². The van der Waals surface area contributed by atoms with E-state index in [0.717, 1.165) is 16.0 Å². The Morgan fingerprint density at radius 3 is 3.12 bits per heavy atom.